The first-order valence-corrected chi connectivity index (χ1v) is 7.38. The molecule has 0 radical (unpaired) electrons. The van der Waals surface area contributed by atoms with E-state index >= 15 is 0 Å². The SMILES string of the molecule is CC1(C)CC(Oc2cc(CCl)ccc2[N+](=O)[O-])C(C)(C)O1. The van der Waals surface area contributed by atoms with Gasteiger partial charge in [0.2, 0.25) is 0 Å². The Bertz CT molecular complexity index is 557. The second-order valence-corrected chi connectivity index (χ2v) is 6.74. The molecule has 2 rings (SSSR count). The second kappa shape index (κ2) is 5.46. The summed E-state index contributed by atoms with van der Waals surface area (Å²) >= 11 is 5.80. The highest BCUT2D eigenvalue weighted by Crippen LogP contribution is 2.41. The van der Waals surface area contributed by atoms with Crippen LogP contribution in [0.3, 0.4) is 0 Å². The van der Waals surface area contributed by atoms with Crippen LogP contribution in [0.1, 0.15) is 39.7 Å². The summed E-state index contributed by atoms with van der Waals surface area (Å²) < 4.78 is 11.9. The van der Waals surface area contributed by atoms with E-state index in [4.69, 9.17) is 21.1 Å². The molecule has 1 atom stereocenters. The van der Waals surface area contributed by atoms with Crippen LogP contribution in [0.2, 0.25) is 0 Å². The molecule has 0 saturated carbocycles. The molecule has 1 heterocycles. The van der Waals surface area contributed by atoms with E-state index in [2.05, 4.69) is 0 Å². The van der Waals surface area contributed by atoms with Gasteiger partial charge in [0, 0.05) is 18.4 Å². The Labute approximate surface area is 129 Å². The van der Waals surface area contributed by atoms with Crippen LogP contribution in [-0.4, -0.2) is 22.2 Å². The van der Waals surface area contributed by atoms with Gasteiger partial charge in [-0.3, -0.25) is 10.1 Å². The Hall–Kier alpha value is -1.33. The summed E-state index contributed by atoms with van der Waals surface area (Å²) in [6.45, 7) is 7.84. The summed E-state index contributed by atoms with van der Waals surface area (Å²) in [5.41, 5.74) is -0.0842. The van der Waals surface area contributed by atoms with Gasteiger partial charge in [-0.05, 0) is 39.3 Å². The van der Waals surface area contributed by atoms with Crippen molar-refractivity contribution in [3.05, 3.63) is 33.9 Å². The molecule has 1 unspecified atom stereocenters. The lowest BCUT2D eigenvalue weighted by atomic mass is 9.97. The number of benzene rings is 1. The number of nitrogens with zero attached hydrogens (tertiary/aromatic N) is 1. The molecular formula is C15H20ClNO4. The lowest BCUT2D eigenvalue weighted by Gasteiger charge is -2.27. The summed E-state index contributed by atoms with van der Waals surface area (Å²) in [6.07, 6.45) is 0.416. The largest absolute Gasteiger partial charge is 0.480 e. The van der Waals surface area contributed by atoms with E-state index in [1.165, 1.54) is 6.07 Å². The van der Waals surface area contributed by atoms with E-state index in [1.807, 2.05) is 27.7 Å². The molecule has 0 spiro atoms. The monoisotopic (exact) mass is 313 g/mol. The average molecular weight is 314 g/mol. The molecule has 0 bridgehead atoms. The van der Waals surface area contributed by atoms with Gasteiger partial charge in [0.15, 0.2) is 5.75 Å². The summed E-state index contributed by atoms with van der Waals surface area (Å²) in [7, 11) is 0. The number of nitro benzene ring substituents is 1. The third kappa shape index (κ3) is 3.47. The minimum absolute atomic E-state index is 0.0515. The maximum absolute atomic E-state index is 11.1. The van der Waals surface area contributed by atoms with E-state index in [-0.39, 0.29) is 29.0 Å². The van der Waals surface area contributed by atoms with Gasteiger partial charge in [-0.1, -0.05) is 6.07 Å². The van der Waals surface area contributed by atoms with Crippen LogP contribution in [0.15, 0.2) is 18.2 Å². The maximum atomic E-state index is 11.1. The lowest BCUT2D eigenvalue weighted by molar-refractivity contribution is -0.386. The Morgan fingerprint density at radius 3 is 2.57 bits per heavy atom. The van der Waals surface area contributed by atoms with Crippen molar-refractivity contribution in [2.75, 3.05) is 0 Å². The Balaban J connectivity index is 2.32. The highest BCUT2D eigenvalue weighted by molar-refractivity contribution is 6.17. The predicted molar refractivity (Wildman–Crippen MR) is 80.9 cm³/mol. The molecule has 0 N–H and O–H groups in total. The molecule has 1 aromatic carbocycles. The van der Waals surface area contributed by atoms with Crippen molar-refractivity contribution >= 4 is 17.3 Å². The van der Waals surface area contributed by atoms with Gasteiger partial charge >= 0.3 is 5.69 Å². The van der Waals surface area contributed by atoms with Crippen LogP contribution in [0, 0.1) is 10.1 Å². The van der Waals surface area contributed by atoms with Crippen molar-refractivity contribution in [3.8, 4) is 5.75 Å². The fourth-order valence-electron chi connectivity index (χ4n) is 2.74. The number of hydrogen-bond donors (Lipinski definition) is 0. The fraction of sp³-hybridized carbons (Fsp3) is 0.600. The summed E-state index contributed by atoms with van der Waals surface area (Å²) in [6, 6.07) is 4.70. The van der Waals surface area contributed by atoms with E-state index < -0.39 is 10.5 Å². The minimum Gasteiger partial charge on any atom is -0.480 e. The van der Waals surface area contributed by atoms with Crippen molar-refractivity contribution in [2.45, 2.75) is 57.3 Å². The number of ether oxygens (including phenoxy) is 2. The number of halogens is 1. The zero-order valence-electron chi connectivity index (χ0n) is 12.7. The van der Waals surface area contributed by atoms with Crippen LogP contribution in [0.25, 0.3) is 0 Å². The first kappa shape index (κ1) is 16.0. The quantitative estimate of drug-likeness (QED) is 0.478. The molecular weight excluding hydrogens is 294 g/mol. The molecule has 21 heavy (non-hydrogen) atoms. The Morgan fingerprint density at radius 1 is 1.43 bits per heavy atom. The highest BCUT2D eigenvalue weighted by atomic mass is 35.5. The standard InChI is InChI=1S/C15H20ClNO4/c1-14(2)8-13(15(3,4)21-14)20-12-7-10(9-16)5-6-11(12)17(18)19/h5-7,13H,8-9H2,1-4H3. The van der Waals surface area contributed by atoms with Gasteiger partial charge in [0.05, 0.1) is 10.5 Å². The first-order chi connectivity index (χ1) is 9.64. The molecule has 0 aliphatic carbocycles. The predicted octanol–water partition coefficient (Wildman–Crippen LogP) is 4.06. The van der Waals surface area contributed by atoms with Crippen LogP contribution in [0.4, 0.5) is 5.69 Å². The van der Waals surface area contributed by atoms with Crippen molar-refractivity contribution in [3.63, 3.8) is 0 Å². The number of hydrogen-bond acceptors (Lipinski definition) is 4. The molecule has 1 aliphatic rings. The smallest absolute Gasteiger partial charge is 0.310 e. The zero-order chi connectivity index (χ0) is 15.8. The van der Waals surface area contributed by atoms with E-state index in [0.29, 0.717) is 6.42 Å². The van der Waals surface area contributed by atoms with Crippen LogP contribution in [0.5, 0.6) is 5.75 Å². The van der Waals surface area contributed by atoms with Gasteiger partial charge in [-0.15, -0.1) is 11.6 Å². The molecule has 5 nitrogen and oxygen atoms in total. The molecule has 6 heteroatoms. The number of rotatable bonds is 4. The molecule has 116 valence electrons. The zero-order valence-corrected chi connectivity index (χ0v) is 13.4. The van der Waals surface area contributed by atoms with Crippen molar-refractivity contribution in [1.29, 1.82) is 0 Å². The van der Waals surface area contributed by atoms with Crippen molar-refractivity contribution < 1.29 is 14.4 Å². The van der Waals surface area contributed by atoms with E-state index in [1.54, 1.807) is 12.1 Å². The molecule has 1 aromatic rings. The fourth-order valence-corrected chi connectivity index (χ4v) is 2.90. The van der Waals surface area contributed by atoms with Crippen molar-refractivity contribution in [2.24, 2.45) is 0 Å². The third-order valence-corrected chi connectivity index (χ3v) is 3.94. The molecule has 0 aromatic heterocycles. The average Bonchev–Trinajstić information content (AvgIpc) is 2.56. The van der Waals surface area contributed by atoms with Gasteiger partial charge in [0.25, 0.3) is 0 Å². The van der Waals surface area contributed by atoms with Crippen LogP contribution >= 0.6 is 11.6 Å². The van der Waals surface area contributed by atoms with E-state index in [0.717, 1.165) is 5.56 Å². The van der Waals surface area contributed by atoms with Crippen LogP contribution < -0.4 is 4.74 Å². The Kier molecular flexibility index (Phi) is 4.17. The summed E-state index contributed by atoms with van der Waals surface area (Å²) in [5, 5.41) is 11.1. The van der Waals surface area contributed by atoms with E-state index in [9.17, 15) is 10.1 Å². The van der Waals surface area contributed by atoms with Crippen LogP contribution in [-0.2, 0) is 10.6 Å². The lowest BCUT2D eigenvalue weighted by Crippen LogP contribution is -2.36. The van der Waals surface area contributed by atoms with Gasteiger partial charge < -0.3 is 9.47 Å². The molecule has 1 fully saturated rings. The minimum atomic E-state index is -0.506. The highest BCUT2D eigenvalue weighted by Gasteiger charge is 2.48. The third-order valence-electron chi connectivity index (χ3n) is 3.64. The first-order valence-electron chi connectivity index (χ1n) is 6.85. The molecule has 1 aliphatic heterocycles. The van der Waals surface area contributed by atoms with Gasteiger partial charge in [-0.25, -0.2) is 0 Å². The summed E-state index contributed by atoms with van der Waals surface area (Å²) in [5.74, 6) is 0.530. The summed E-state index contributed by atoms with van der Waals surface area (Å²) in [4.78, 5) is 10.7. The maximum Gasteiger partial charge on any atom is 0.310 e. The molecule has 1 saturated heterocycles. The van der Waals surface area contributed by atoms with Gasteiger partial charge in [0.1, 0.15) is 11.7 Å². The molecule has 0 amide bonds. The normalized spacial score (nSPS) is 23.0. The topological polar surface area (TPSA) is 61.6 Å². The Morgan fingerprint density at radius 2 is 2.10 bits per heavy atom. The van der Waals surface area contributed by atoms with Gasteiger partial charge in [-0.2, -0.15) is 0 Å². The number of nitro groups is 1. The second-order valence-electron chi connectivity index (χ2n) is 6.47. The number of alkyl halides is 1. The van der Waals surface area contributed by atoms with Crippen molar-refractivity contribution in [1.82, 2.24) is 0 Å².